The maximum Gasteiger partial charge on any atom is 0.243 e. The third-order valence-electron chi connectivity index (χ3n) is 5.27. The van der Waals surface area contributed by atoms with Gasteiger partial charge in [0.05, 0.1) is 39.8 Å². The van der Waals surface area contributed by atoms with Crippen LogP contribution in [0.4, 0.5) is 0 Å². The molecule has 32 heavy (non-hydrogen) atoms. The molecule has 3 aromatic heterocycles. The van der Waals surface area contributed by atoms with E-state index >= 15 is 0 Å². The smallest absolute Gasteiger partial charge is 0.243 e. The second-order valence-corrected chi connectivity index (χ2v) is 11.0. The average Bonchev–Trinajstić information content (AvgIpc) is 3.57. The zero-order valence-electron chi connectivity index (χ0n) is 17.4. The number of nitrogens with one attached hydrogen (secondary N) is 1. The van der Waals surface area contributed by atoms with Gasteiger partial charge in [-0.05, 0) is 36.6 Å². The minimum absolute atomic E-state index is 0.265. The SMILES string of the molecule is CCn1c(CSc2n[nH]c(-c3cccs3)n2)nc2cc(S(=O)(=O)N3CCOCC3)ccc21. The van der Waals surface area contributed by atoms with E-state index in [1.54, 1.807) is 23.5 Å². The van der Waals surface area contributed by atoms with Gasteiger partial charge in [-0.25, -0.2) is 18.4 Å². The van der Waals surface area contributed by atoms with Crippen molar-refractivity contribution in [3.8, 4) is 10.7 Å². The summed E-state index contributed by atoms with van der Waals surface area (Å²) in [6.45, 7) is 4.36. The molecule has 1 aromatic carbocycles. The molecule has 5 rings (SSSR count). The highest BCUT2D eigenvalue weighted by Gasteiger charge is 2.27. The lowest BCUT2D eigenvalue weighted by molar-refractivity contribution is 0.0730. The highest BCUT2D eigenvalue weighted by Crippen LogP contribution is 2.28. The standard InChI is InChI=1S/C20H22N6O3S3/c1-2-26-16-6-5-14(32(27,28)25-7-9-29-10-8-25)12-15(16)21-18(26)13-31-20-22-19(23-24-20)17-4-3-11-30-17/h3-6,11-12H,2,7-10,13H2,1H3,(H,22,23,24). The lowest BCUT2D eigenvalue weighted by atomic mass is 10.3. The molecule has 0 saturated carbocycles. The Bertz CT molecular complexity index is 1320. The van der Waals surface area contributed by atoms with E-state index in [-0.39, 0.29) is 4.90 Å². The summed E-state index contributed by atoms with van der Waals surface area (Å²) < 4.78 is 34.9. The van der Waals surface area contributed by atoms with Gasteiger partial charge in [0, 0.05) is 19.6 Å². The molecule has 168 valence electrons. The van der Waals surface area contributed by atoms with Crippen LogP contribution < -0.4 is 0 Å². The van der Waals surface area contributed by atoms with E-state index in [0.29, 0.717) is 42.7 Å². The molecule has 0 radical (unpaired) electrons. The highest BCUT2D eigenvalue weighted by molar-refractivity contribution is 7.98. The third kappa shape index (κ3) is 4.08. The fraction of sp³-hybridized carbons (Fsp3) is 0.350. The van der Waals surface area contributed by atoms with Crippen molar-refractivity contribution >= 4 is 44.2 Å². The summed E-state index contributed by atoms with van der Waals surface area (Å²) in [4.78, 5) is 10.6. The summed E-state index contributed by atoms with van der Waals surface area (Å²) in [7, 11) is -3.56. The maximum absolute atomic E-state index is 13.0. The molecule has 9 nitrogen and oxygen atoms in total. The molecule has 1 saturated heterocycles. The number of hydrogen-bond donors (Lipinski definition) is 1. The van der Waals surface area contributed by atoms with E-state index in [9.17, 15) is 8.42 Å². The van der Waals surface area contributed by atoms with Crippen molar-refractivity contribution in [3.63, 3.8) is 0 Å². The number of H-pyrrole nitrogens is 1. The summed E-state index contributed by atoms with van der Waals surface area (Å²) in [5.41, 5.74) is 1.59. The first kappa shape index (κ1) is 21.6. The number of rotatable bonds is 7. The van der Waals surface area contributed by atoms with Crippen molar-refractivity contribution in [2.45, 2.75) is 29.3 Å². The minimum Gasteiger partial charge on any atom is -0.379 e. The second kappa shape index (κ2) is 8.94. The zero-order valence-corrected chi connectivity index (χ0v) is 19.8. The number of ether oxygens (including phenoxy) is 1. The van der Waals surface area contributed by atoms with Crippen molar-refractivity contribution in [2.75, 3.05) is 26.3 Å². The fourth-order valence-corrected chi connectivity index (χ4v) is 6.52. The summed E-state index contributed by atoms with van der Waals surface area (Å²) in [5.74, 6) is 2.19. The van der Waals surface area contributed by atoms with E-state index in [2.05, 4.69) is 26.7 Å². The van der Waals surface area contributed by atoms with E-state index in [0.717, 1.165) is 28.6 Å². The minimum atomic E-state index is -3.56. The van der Waals surface area contributed by atoms with Gasteiger partial charge in [0.1, 0.15) is 5.82 Å². The molecular weight excluding hydrogens is 468 g/mol. The van der Waals surface area contributed by atoms with Gasteiger partial charge in [0.25, 0.3) is 0 Å². The van der Waals surface area contributed by atoms with Crippen LogP contribution in [0.1, 0.15) is 12.7 Å². The molecule has 1 aliphatic heterocycles. The predicted octanol–water partition coefficient (Wildman–Crippen LogP) is 3.22. The van der Waals surface area contributed by atoms with E-state index < -0.39 is 10.0 Å². The molecule has 0 aliphatic carbocycles. The Balaban J connectivity index is 1.39. The van der Waals surface area contributed by atoms with Gasteiger partial charge in [-0.15, -0.1) is 16.4 Å². The third-order valence-corrected chi connectivity index (χ3v) is 8.89. The number of nitrogens with zero attached hydrogens (tertiary/aromatic N) is 5. The topological polar surface area (TPSA) is 106 Å². The Labute approximate surface area is 193 Å². The number of aromatic amines is 1. The highest BCUT2D eigenvalue weighted by atomic mass is 32.2. The first-order valence-electron chi connectivity index (χ1n) is 10.2. The maximum atomic E-state index is 13.0. The van der Waals surface area contributed by atoms with Crippen molar-refractivity contribution in [3.05, 3.63) is 41.5 Å². The Morgan fingerprint density at radius 3 is 2.81 bits per heavy atom. The zero-order chi connectivity index (χ0) is 22.1. The van der Waals surface area contributed by atoms with E-state index in [1.807, 2.05) is 23.6 Å². The number of aryl methyl sites for hydroxylation is 1. The Morgan fingerprint density at radius 2 is 2.06 bits per heavy atom. The molecule has 0 bridgehead atoms. The van der Waals surface area contributed by atoms with Crippen LogP contribution in [0.3, 0.4) is 0 Å². The number of thioether (sulfide) groups is 1. The lowest BCUT2D eigenvalue weighted by Crippen LogP contribution is -2.40. The number of morpholine rings is 1. The van der Waals surface area contributed by atoms with Crippen molar-refractivity contribution in [1.29, 1.82) is 0 Å². The fourth-order valence-electron chi connectivity index (χ4n) is 3.68. The summed E-state index contributed by atoms with van der Waals surface area (Å²) >= 11 is 3.10. The number of fused-ring (bicyclic) bond motifs is 1. The van der Waals surface area contributed by atoms with E-state index in [4.69, 9.17) is 9.72 Å². The van der Waals surface area contributed by atoms with Crippen molar-refractivity contribution < 1.29 is 13.2 Å². The molecule has 12 heteroatoms. The first-order chi connectivity index (χ1) is 15.6. The van der Waals surface area contributed by atoms with Crippen LogP contribution in [-0.4, -0.2) is 63.8 Å². The first-order valence-corrected chi connectivity index (χ1v) is 13.5. The van der Waals surface area contributed by atoms with Crippen LogP contribution in [0.5, 0.6) is 0 Å². The van der Waals surface area contributed by atoms with Crippen LogP contribution in [0, 0.1) is 0 Å². The number of aromatic nitrogens is 5. The molecule has 4 aromatic rings. The Kier molecular flexibility index (Phi) is 6.03. The van der Waals surface area contributed by atoms with Crippen LogP contribution in [-0.2, 0) is 27.1 Å². The monoisotopic (exact) mass is 490 g/mol. The molecule has 0 atom stereocenters. The largest absolute Gasteiger partial charge is 0.379 e. The molecule has 1 N–H and O–H groups in total. The van der Waals surface area contributed by atoms with Gasteiger partial charge in [0.2, 0.25) is 15.2 Å². The molecule has 1 aliphatic rings. The molecule has 1 fully saturated rings. The van der Waals surface area contributed by atoms with Gasteiger partial charge in [0.15, 0.2) is 5.82 Å². The lowest BCUT2D eigenvalue weighted by Gasteiger charge is -2.26. The summed E-state index contributed by atoms with van der Waals surface area (Å²) in [6, 6.07) is 9.16. The number of benzene rings is 1. The van der Waals surface area contributed by atoms with Crippen LogP contribution in [0.2, 0.25) is 0 Å². The van der Waals surface area contributed by atoms with Crippen molar-refractivity contribution in [2.24, 2.45) is 0 Å². The normalized spacial score (nSPS) is 15.5. The number of hydrogen-bond acceptors (Lipinski definition) is 8. The molecule has 0 amide bonds. The van der Waals surface area contributed by atoms with Crippen molar-refractivity contribution in [1.82, 2.24) is 29.0 Å². The summed E-state index contributed by atoms with van der Waals surface area (Å²) in [6.07, 6.45) is 0. The number of thiophene rings is 1. The Hall–Kier alpha value is -2.25. The van der Waals surface area contributed by atoms with E-state index in [1.165, 1.54) is 16.1 Å². The van der Waals surface area contributed by atoms with Crippen LogP contribution in [0.15, 0.2) is 45.8 Å². The van der Waals surface area contributed by atoms with Crippen LogP contribution in [0.25, 0.3) is 21.7 Å². The van der Waals surface area contributed by atoms with Gasteiger partial charge >= 0.3 is 0 Å². The summed E-state index contributed by atoms with van der Waals surface area (Å²) in [5, 5.41) is 9.93. The number of sulfonamides is 1. The molecule has 4 heterocycles. The molecular formula is C20H22N6O3S3. The quantitative estimate of drug-likeness (QED) is 0.397. The van der Waals surface area contributed by atoms with Gasteiger partial charge in [-0.3, -0.25) is 5.10 Å². The van der Waals surface area contributed by atoms with Gasteiger partial charge < -0.3 is 9.30 Å². The Morgan fingerprint density at radius 1 is 1.22 bits per heavy atom. The second-order valence-electron chi connectivity index (χ2n) is 7.17. The predicted molar refractivity (Wildman–Crippen MR) is 124 cm³/mol. The molecule has 0 unspecified atom stereocenters. The van der Waals surface area contributed by atoms with Gasteiger partial charge in [-0.1, -0.05) is 17.8 Å². The number of imidazole rings is 1. The van der Waals surface area contributed by atoms with Crippen LogP contribution >= 0.6 is 23.1 Å². The molecule has 0 spiro atoms. The average molecular weight is 491 g/mol. The van der Waals surface area contributed by atoms with Gasteiger partial charge in [-0.2, -0.15) is 4.31 Å².